The Hall–Kier alpha value is -2.46. The van der Waals surface area contributed by atoms with Crippen molar-refractivity contribution in [3.63, 3.8) is 0 Å². The smallest absolute Gasteiger partial charge is 0.115 e. The van der Waals surface area contributed by atoms with Gasteiger partial charge in [0.2, 0.25) is 0 Å². The lowest BCUT2D eigenvalue weighted by atomic mass is 9.93. The number of aliphatic hydroxyl groups is 1. The molecule has 0 saturated carbocycles. The molecule has 1 atom stereocenters. The zero-order valence-electron chi connectivity index (χ0n) is 11.9. The minimum atomic E-state index is -1.14. The van der Waals surface area contributed by atoms with Crippen LogP contribution < -0.4 is 5.32 Å². The fourth-order valence-electron chi connectivity index (χ4n) is 1.97. The largest absolute Gasteiger partial charge is 0.508 e. The van der Waals surface area contributed by atoms with Crippen LogP contribution in [-0.4, -0.2) is 20.9 Å². The SMILES string of the molecule is C=C(Nc1ccc(O)cc1)[C@@](C)(O)Cc1ccc(O)cc1. The average molecular weight is 285 g/mol. The summed E-state index contributed by atoms with van der Waals surface area (Å²) >= 11 is 0. The van der Waals surface area contributed by atoms with Gasteiger partial charge in [0, 0.05) is 17.8 Å². The van der Waals surface area contributed by atoms with Gasteiger partial charge in [-0.3, -0.25) is 0 Å². The molecule has 110 valence electrons. The van der Waals surface area contributed by atoms with E-state index >= 15 is 0 Å². The Morgan fingerprint density at radius 1 is 1.00 bits per heavy atom. The molecule has 2 aromatic rings. The third-order valence-electron chi connectivity index (χ3n) is 3.30. The van der Waals surface area contributed by atoms with E-state index in [-0.39, 0.29) is 11.5 Å². The second kappa shape index (κ2) is 5.89. The van der Waals surface area contributed by atoms with Crippen LogP contribution >= 0.6 is 0 Å². The first-order valence-corrected chi connectivity index (χ1v) is 6.62. The molecule has 0 radical (unpaired) electrons. The predicted molar refractivity (Wildman–Crippen MR) is 83.3 cm³/mol. The molecular formula is C17H19NO3. The fourth-order valence-corrected chi connectivity index (χ4v) is 1.97. The molecule has 21 heavy (non-hydrogen) atoms. The molecule has 0 aromatic heterocycles. The van der Waals surface area contributed by atoms with Crippen LogP contribution in [-0.2, 0) is 6.42 Å². The maximum Gasteiger partial charge on any atom is 0.115 e. The molecule has 4 heteroatoms. The summed E-state index contributed by atoms with van der Waals surface area (Å²) in [6.45, 7) is 5.56. The number of aromatic hydroxyl groups is 2. The van der Waals surface area contributed by atoms with Gasteiger partial charge in [-0.05, 0) is 48.9 Å². The molecule has 2 aromatic carbocycles. The van der Waals surface area contributed by atoms with Gasteiger partial charge in [-0.15, -0.1) is 0 Å². The first-order chi connectivity index (χ1) is 9.87. The molecule has 0 heterocycles. The zero-order chi connectivity index (χ0) is 15.5. The zero-order valence-corrected chi connectivity index (χ0v) is 11.9. The maximum atomic E-state index is 10.5. The molecular weight excluding hydrogens is 266 g/mol. The van der Waals surface area contributed by atoms with Gasteiger partial charge in [-0.1, -0.05) is 18.7 Å². The molecule has 0 amide bonds. The van der Waals surface area contributed by atoms with Crippen LogP contribution in [0.25, 0.3) is 0 Å². The number of phenols is 2. The summed E-state index contributed by atoms with van der Waals surface area (Å²) in [5, 5.41) is 32.1. The van der Waals surface area contributed by atoms with E-state index < -0.39 is 5.60 Å². The van der Waals surface area contributed by atoms with Gasteiger partial charge < -0.3 is 20.6 Å². The lowest BCUT2D eigenvalue weighted by Crippen LogP contribution is -2.33. The monoisotopic (exact) mass is 285 g/mol. The molecule has 0 saturated heterocycles. The van der Waals surface area contributed by atoms with Gasteiger partial charge in [0.05, 0.1) is 0 Å². The van der Waals surface area contributed by atoms with Crippen molar-refractivity contribution in [3.8, 4) is 11.5 Å². The van der Waals surface area contributed by atoms with Crippen molar-refractivity contribution in [2.24, 2.45) is 0 Å². The van der Waals surface area contributed by atoms with Crippen LogP contribution in [0.1, 0.15) is 12.5 Å². The van der Waals surface area contributed by atoms with Crippen LogP contribution in [0, 0.1) is 0 Å². The lowest BCUT2D eigenvalue weighted by Gasteiger charge is -2.27. The molecule has 0 aliphatic rings. The molecule has 0 unspecified atom stereocenters. The van der Waals surface area contributed by atoms with Crippen molar-refractivity contribution in [1.29, 1.82) is 0 Å². The number of hydrogen-bond acceptors (Lipinski definition) is 4. The van der Waals surface area contributed by atoms with Crippen LogP contribution in [0.4, 0.5) is 5.69 Å². The molecule has 4 N–H and O–H groups in total. The molecule has 0 aliphatic carbocycles. The van der Waals surface area contributed by atoms with Crippen LogP contribution in [0.2, 0.25) is 0 Å². The van der Waals surface area contributed by atoms with Gasteiger partial charge in [-0.25, -0.2) is 0 Å². The first-order valence-electron chi connectivity index (χ1n) is 6.62. The quantitative estimate of drug-likeness (QED) is 0.637. The maximum absolute atomic E-state index is 10.5. The predicted octanol–water partition coefficient (Wildman–Crippen LogP) is 3.02. The second-order valence-corrected chi connectivity index (χ2v) is 5.27. The molecule has 0 bridgehead atoms. The minimum absolute atomic E-state index is 0.182. The summed E-state index contributed by atoms with van der Waals surface area (Å²) in [7, 11) is 0. The Balaban J connectivity index is 2.05. The topological polar surface area (TPSA) is 72.7 Å². The van der Waals surface area contributed by atoms with Crippen molar-refractivity contribution in [2.75, 3.05) is 5.32 Å². The van der Waals surface area contributed by atoms with Crippen molar-refractivity contribution in [1.82, 2.24) is 0 Å². The normalized spacial score (nSPS) is 13.4. The van der Waals surface area contributed by atoms with Crippen LogP contribution in [0.15, 0.2) is 60.8 Å². The van der Waals surface area contributed by atoms with Crippen molar-refractivity contribution in [2.45, 2.75) is 18.9 Å². The van der Waals surface area contributed by atoms with E-state index in [1.807, 2.05) is 0 Å². The summed E-state index contributed by atoms with van der Waals surface area (Å²) in [5.41, 5.74) is 0.950. The van der Waals surface area contributed by atoms with E-state index in [1.54, 1.807) is 55.5 Å². The molecule has 0 aliphatic heterocycles. The van der Waals surface area contributed by atoms with Gasteiger partial charge in [-0.2, -0.15) is 0 Å². The minimum Gasteiger partial charge on any atom is -0.508 e. The number of hydrogen-bond donors (Lipinski definition) is 4. The van der Waals surface area contributed by atoms with Crippen molar-refractivity contribution in [3.05, 3.63) is 66.4 Å². The van der Waals surface area contributed by atoms with E-state index in [1.165, 1.54) is 0 Å². The molecule has 4 nitrogen and oxygen atoms in total. The number of benzene rings is 2. The Morgan fingerprint density at radius 3 is 2.00 bits per heavy atom. The number of nitrogens with one attached hydrogen (secondary N) is 1. The molecule has 2 rings (SSSR count). The highest BCUT2D eigenvalue weighted by Crippen LogP contribution is 2.24. The highest BCUT2D eigenvalue weighted by molar-refractivity contribution is 5.51. The second-order valence-electron chi connectivity index (χ2n) is 5.27. The van der Waals surface area contributed by atoms with Gasteiger partial charge in [0.25, 0.3) is 0 Å². The van der Waals surface area contributed by atoms with Gasteiger partial charge >= 0.3 is 0 Å². The third kappa shape index (κ3) is 4.00. The Kier molecular flexibility index (Phi) is 4.19. The van der Waals surface area contributed by atoms with Gasteiger partial charge in [0.15, 0.2) is 0 Å². The third-order valence-corrected chi connectivity index (χ3v) is 3.30. The number of rotatable bonds is 5. The van der Waals surface area contributed by atoms with Gasteiger partial charge in [0.1, 0.15) is 17.1 Å². The Bertz CT molecular complexity index is 615. The number of anilines is 1. The Labute approximate surface area is 124 Å². The van der Waals surface area contributed by atoms with E-state index in [0.717, 1.165) is 11.3 Å². The van der Waals surface area contributed by atoms with E-state index in [0.29, 0.717) is 12.1 Å². The lowest BCUT2D eigenvalue weighted by molar-refractivity contribution is 0.101. The highest BCUT2D eigenvalue weighted by atomic mass is 16.3. The summed E-state index contributed by atoms with van der Waals surface area (Å²) in [4.78, 5) is 0. The molecule has 0 fully saturated rings. The van der Waals surface area contributed by atoms with Crippen LogP contribution in [0.5, 0.6) is 11.5 Å². The first kappa shape index (κ1) is 14.9. The standard InChI is InChI=1S/C17H19NO3/c1-12(18-14-5-9-16(20)10-6-14)17(2,21)11-13-3-7-15(19)8-4-13/h3-10,18-21H,1,11H2,2H3/t17-/m0/s1. The highest BCUT2D eigenvalue weighted by Gasteiger charge is 2.25. The summed E-state index contributed by atoms with van der Waals surface area (Å²) in [6.07, 6.45) is 0.372. The summed E-state index contributed by atoms with van der Waals surface area (Å²) < 4.78 is 0. The van der Waals surface area contributed by atoms with E-state index in [9.17, 15) is 15.3 Å². The van der Waals surface area contributed by atoms with Crippen molar-refractivity contribution < 1.29 is 15.3 Å². The van der Waals surface area contributed by atoms with E-state index in [4.69, 9.17) is 0 Å². The Morgan fingerprint density at radius 2 is 1.48 bits per heavy atom. The van der Waals surface area contributed by atoms with Crippen LogP contribution in [0.3, 0.4) is 0 Å². The number of phenolic OH excluding ortho intramolecular Hbond substituents is 2. The fraction of sp³-hybridized carbons (Fsp3) is 0.176. The molecule has 0 spiro atoms. The summed E-state index contributed by atoms with van der Waals surface area (Å²) in [5.74, 6) is 0.376. The summed E-state index contributed by atoms with van der Waals surface area (Å²) in [6, 6.07) is 13.2. The average Bonchev–Trinajstić information content (AvgIpc) is 2.43. The van der Waals surface area contributed by atoms with E-state index in [2.05, 4.69) is 11.9 Å². The van der Waals surface area contributed by atoms with Crippen molar-refractivity contribution >= 4 is 5.69 Å².